The molecule has 1 fully saturated rings. The quantitative estimate of drug-likeness (QED) is 0.943. The van der Waals surface area contributed by atoms with Crippen LogP contribution < -0.4 is 5.32 Å². The molecule has 1 aromatic carbocycles. The van der Waals surface area contributed by atoms with Gasteiger partial charge >= 0.3 is 0 Å². The van der Waals surface area contributed by atoms with Crippen LogP contribution in [0.3, 0.4) is 0 Å². The van der Waals surface area contributed by atoms with Crippen LogP contribution in [0.25, 0.3) is 10.1 Å². The van der Waals surface area contributed by atoms with Gasteiger partial charge in [-0.25, -0.2) is 0 Å². The van der Waals surface area contributed by atoms with E-state index in [0.29, 0.717) is 12.2 Å². The Balaban J connectivity index is 1.72. The smallest absolute Gasteiger partial charge is 0.251 e. The van der Waals surface area contributed by atoms with Crippen molar-refractivity contribution in [2.45, 2.75) is 19.1 Å². The summed E-state index contributed by atoms with van der Waals surface area (Å²) in [5, 5.41) is 6.28. The summed E-state index contributed by atoms with van der Waals surface area (Å²) in [5.41, 5.74) is 0.714. The fourth-order valence-electron chi connectivity index (χ4n) is 2.84. The van der Waals surface area contributed by atoms with Crippen LogP contribution in [-0.4, -0.2) is 49.7 Å². The van der Waals surface area contributed by atoms with Crippen LogP contribution >= 0.6 is 11.3 Å². The highest BCUT2D eigenvalue weighted by Gasteiger charge is 2.32. The molecule has 1 N–H and O–H groups in total. The van der Waals surface area contributed by atoms with Crippen molar-refractivity contribution in [3.8, 4) is 0 Å². The van der Waals surface area contributed by atoms with Gasteiger partial charge in [0.15, 0.2) is 0 Å². The molecule has 112 valence electrons. The fraction of sp³-hybridized carbons (Fsp3) is 0.438. The molecule has 2 aromatic rings. The second-order valence-electron chi connectivity index (χ2n) is 5.47. The van der Waals surface area contributed by atoms with Crippen LogP contribution in [0.1, 0.15) is 17.3 Å². The van der Waals surface area contributed by atoms with E-state index < -0.39 is 0 Å². The first-order chi connectivity index (χ1) is 10.2. The highest BCUT2D eigenvalue weighted by atomic mass is 32.1. The largest absolute Gasteiger partial charge is 0.375 e. The first-order valence-electron chi connectivity index (χ1n) is 7.25. The van der Waals surface area contributed by atoms with Gasteiger partial charge in [0.25, 0.3) is 5.91 Å². The van der Waals surface area contributed by atoms with E-state index in [-0.39, 0.29) is 18.1 Å². The summed E-state index contributed by atoms with van der Waals surface area (Å²) in [4.78, 5) is 14.6. The van der Waals surface area contributed by atoms with E-state index in [0.717, 1.165) is 18.5 Å². The molecule has 4 nitrogen and oxygen atoms in total. The highest BCUT2D eigenvalue weighted by Crippen LogP contribution is 2.22. The number of hydrogen-bond acceptors (Lipinski definition) is 4. The predicted molar refractivity (Wildman–Crippen MR) is 86.0 cm³/mol. The molecule has 3 rings (SSSR count). The number of likely N-dealkylation sites (N-methyl/N-ethyl adjacent to an activating group) is 1. The molecule has 0 aliphatic carbocycles. The number of carbonyl (C=O) groups excluding carboxylic acids is 1. The molecule has 2 atom stereocenters. The normalized spacial score (nSPS) is 22.8. The van der Waals surface area contributed by atoms with Gasteiger partial charge in [-0.15, -0.1) is 11.3 Å². The van der Waals surface area contributed by atoms with Crippen molar-refractivity contribution in [2.24, 2.45) is 0 Å². The van der Waals surface area contributed by atoms with Crippen LogP contribution in [-0.2, 0) is 4.74 Å². The molecule has 1 amide bonds. The van der Waals surface area contributed by atoms with Crippen molar-refractivity contribution in [3.05, 3.63) is 35.2 Å². The molecule has 0 spiro atoms. The van der Waals surface area contributed by atoms with E-state index in [9.17, 15) is 4.79 Å². The first kappa shape index (κ1) is 14.5. The number of rotatable bonds is 4. The predicted octanol–water partition coefficient (Wildman–Crippen LogP) is 2.35. The van der Waals surface area contributed by atoms with Crippen molar-refractivity contribution in [1.82, 2.24) is 10.2 Å². The molecular formula is C16H20N2O2S. The van der Waals surface area contributed by atoms with Gasteiger partial charge in [0.2, 0.25) is 0 Å². The van der Waals surface area contributed by atoms with E-state index in [4.69, 9.17) is 4.74 Å². The second kappa shape index (κ2) is 6.13. The van der Waals surface area contributed by atoms with Crippen molar-refractivity contribution in [1.29, 1.82) is 0 Å². The number of benzene rings is 1. The van der Waals surface area contributed by atoms with Crippen LogP contribution in [0.15, 0.2) is 29.6 Å². The number of amides is 1. The van der Waals surface area contributed by atoms with Gasteiger partial charge < -0.3 is 15.0 Å². The maximum absolute atomic E-state index is 12.4. The van der Waals surface area contributed by atoms with Crippen molar-refractivity contribution < 1.29 is 9.53 Å². The number of ether oxygens (including phenoxy) is 1. The summed E-state index contributed by atoms with van der Waals surface area (Å²) < 4.78 is 6.93. The third-order valence-corrected chi connectivity index (χ3v) is 4.76. The van der Waals surface area contributed by atoms with Crippen molar-refractivity contribution in [2.75, 3.05) is 26.7 Å². The van der Waals surface area contributed by atoms with E-state index in [1.807, 2.05) is 36.6 Å². The van der Waals surface area contributed by atoms with Crippen LogP contribution in [0.5, 0.6) is 0 Å². The molecule has 1 aliphatic rings. The number of carbonyl (C=O) groups is 1. The summed E-state index contributed by atoms with van der Waals surface area (Å²) in [6.45, 7) is 4.35. The summed E-state index contributed by atoms with van der Waals surface area (Å²) in [7, 11) is 2.05. The Kier molecular flexibility index (Phi) is 4.24. The third-order valence-electron chi connectivity index (χ3n) is 3.86. The standard InChI is InChI=1S/C16H20N2O2S/c1-3-20-14-10-18(2)9-13(14)17-16(19)12-4-5-15-11(8-12)6-7-21-15/h4-8,13-14H,3,9-10H2,1-2H3,(H,17,19)/t13-,14-/m1/s1. The minimum absolute atomic E-state index is 0.0203. The molecule has 0 bridgehead atoms. The van der Waals surface area contributed by atoms with Crippen molar-refractivity contribution in [3.63, 3.8) is 0 Å². The number of fused-ring (bicyclic) bond motifs is 1. The average Bonchev–Trinajstić information content (AvgIpc) is 3.05. The molecule has 21 heavy (non-hydrogen) atoms. The Bertz CT molecular complexity index is 640. The zero-order valence-corrected chi connectivity index (χ0v) is 13.2. The maximum atomic E-state index is 12.4. The molecule has 0 saturated carbocycles. The van der Waals surface area contributed by atoms with Gasteiger partial charge in [0.1, 0.15) is 0 Å². The van der Waals surface area contributed by atoms with Gasteiger partial charge in [0.05, 0.1) is 12.1 Å². The van der Waals surface area contributed by atoms with Crippen LogP contribution in [0.4, 0.5) is 0 Å². The monoisotopic (exact) mass is 304 g/mol. The lowest BCUT2D eigenvalue weighted by molar-refractivity contribution is 0.0513. The number of thiophene rings is 1. The van der Waals surface area contributed by atoms with Gasteiger partial charge in [0, 0.05) is 30.0 Å². The minimum Gasteiger partial charge on any atom is -0.375 e. The molecule has 0 unspecified atom stereocenters. The topological polar surface area (TPSA) is 41.6 Å². The molecule has 0 radical (unpaired) electrons. The average molecular weight is 304 g/mol. The van der Waals surface area contributed by atoms with E-state index in [2.05, 4.69) is 17.3 Å². The molecule has 1 aromatic heterocycles. The van der Waals surface area contributed by atoms with Crippen LogP contribution in [0, 0.1) is 0 Å². The first-order valence-corrected chi connectivity index (χ1v) is 8.13. The second-order valence-corrected chi connectivity index (χ2v) is 6.42. The molecule has 2 heterocycles. The van der Waals surface area contributed by atoms with E-state index >= 15 is 0 Å². The number of nitrogens with zero attached hydrogens (tertiary/aromatic N) is 1. The Morgan fingerprint density at radius 1 is 1.43 bits per heavy atom. The summed E-state index contributed by atoms with van der Waals surface area (Å²) in [6.07, 6.45) is 0.0776. The maximum Gasteiger partial charge on any atom is 0.251 e. The van der Waals surface area contributed by atoms with E-state index in [1.54, 1.807) is 11.3 Å². The SMILES string of the molecule is CCO[C@@H]1CN(C)C[C@H]1NC(=O)c1ccc2sccc2c1. The Hall–Kier alpha value is -1.43. The number of nitrogens with one attached hydrogen (secondary N) is 1. The Morgan fingerprint density at radius 3 is 3.10 bits per heavy atom. The molecule has 1 aliphatic heterocycles. The van der Waals surface area contributed by atoms with Crippen molar-refractivity contribution >= 4 is 27.3 Å². The third kappa shape index (κ3) is 3.10. The van der Waals surface area contributed by atoms with Gasteiger partial charge in [-0.1, -0.05) is 0 Å². The lowest BCUT2D eigenvalue weighted by Gasteiger charge is -2.19. The molecule has 1 saturated heterocycles. The number of hydrogen-bond donors (Lipinski definition) is 1. The lowest BCUT2D eigenvalue weighted by Crippen LogP contribution is -2.43. The Labute approximate surface area is 128 Å². The molecular weight excluding hydrogens is 284 g/mol. The zero-order chi connectivity index (χ0) is 14.8. The van der Waals surface area contributed by atoms with Crippen LogP contribution in [0.2, 0.25) is 0 Å². The fourth-order valence-corrected chi connectivity index (χ4v) is 3.61. The minimum atomic E-state index is -0.0203. The molecule has 5 heteroatoms. The Morgan fingerprint density at radius 2 is 2.29 bits per heavy atom. The lowest BCUT2D eigenvalue weighted by atomic mass is 10.1. The van der Waals surface area contributed by atoms with Gasteiger partial charge in [-0.2, -0.15) is 0 Å². The van der Waals surface area contributed by atoms with Gasteiger partial charge in [-0.3, -0.25) is 4.79 Å². The summed E-state index contributed by atoms with van der Waals surface area (Å²) >= 11 is 1.69. The van der Waals surface area contributed by atoms with E-state index in [1.165, 1.54) is 4.70 Å². The number of likely N-dealkylation sites (tertiary alicyclic amines) is 1. The van der Waals surface area contributed by atoms with Gasteiger partial charge in [-0.05, 0) is 49.0 Å². The summed E-state index contributed by atoms with van der Waals surface area (Å²) in [6, 6.07) is 7.96. The summed E-state index contributed by atoms with van der Waals surface area (Å²) in [5.74, 6) is -0.0203. The highest BCUT2D eigenvalue weighted by molar-refractivity contribution is 7.17. The zero-order valence-electron chi connectivity index (χ0n) is 12.3.